The minimum atomic E-state index is 0.521. The summed E-state index contributed by atoms with van der Waals surface area (Å²) >= 11 is 0. The molecule has 0 aliphatic carbocycles. The number of phenolic OH excluding ortho intramolecular Hbond substituents is 1. The normalized spacial score (nSPS) is 12.5. The third kappa shape index (κ3) is 7.73. The van der Waals surface area contributed by atoms with Gasteiger partial charge in [0.2, 0.25) is 0 Å². The number of rotatable bonds is 14. The first kappa shape index (κ1) is 21.1. The molecule has 0 radical (unpaired) electrons. The number of unbranched alkanes of at least 4 members (excludes halogenated alkanes) is 8. The van der Waals surface area contributed by atoms with Crippen molar-refractivity contribution >= 4 is 0 Å². The van der Waals surface area contributed by atoms with E-state index in [9.17, 15) is 5.11 Å². The van der Waals surface area contributed by atoms with Gasteiger partial charge >= 0.3 is 0 Å². The Balaban J connectivity index is 2.60. The van der Waals surface area contributed by atoms with Crippen LogP contribution in [0, 0.1) is 0 Å². The highest BCUT2D eigenvalue weighted by Crippen LogP contribution is 2.34. The van der Waals surface area contributed by atoms with Gasteiger partial charge in [-0.05, 0) is 48.8 Å². The number of phenols is 1. The number of hydrogen-bond donors (Lipinski definition) is 1. The third-order valence-electron chi connectivity index (χ3n) is 5.31. The summed E-state index contributed by atoms with van der Waals surface area (Å²) in [5, 5.41) is 10.4. The van der Waals surface area contributed by atoms with Crippen molar-refractivity contribution in [2.45, 2.75) is 110 Å². The van der Waals surface area contributed by atoms with E-state index in [0.717, 1.165) is 6.42 Å². The zero-order valence-electron chi connectivity index (χ0n) is 16.4. The quantitative estimate of drug-likeness (QED) is 0.345. The highest BCUT2D eigenvalue weighted by atomic mass is 16.3. The van der Waals surface area contributed by atoms with Crippen LogP contribution < -0.4 is 0 Å². The maximum Gasteiger partial charge on any atom is 0.119 e. The highest BCUT2D eigenvalue weighted by molar-refractivity contribution is 5.41. The fourth-order valence-electron chi connectivity index (χ4n) is 3.73. The Kier molecular flexibility index (Phi) is 11.7. The lowest BCUT2D eigenvalue weighted by Crippen LogP contribution is -2.03. The fourth-order valence-corrected chi connectivity index (χ4v) is 3.73. The summed E-state index contributed by atoms with van der Waals surface area (Å²) in [4.78, 5) is 0. The molecule has 1 aromatic rings. The van der Waals surface area contributed by atoms with Gasteiger partial charge in [0.1, 0.15) is 5.75 Å². The van der Waals surface area contributed by atoms with Gasteiger partial charge in [-0.25, -0.2) is 0 Å². The average molecular weight is 333 g/mol. The van der Waals surface area contributed by atoms with E-state index in [0.29, 0.717) is 11.7 Å². The Morgan fingerprint density at radius 1 is 0.792 bits per heavy atom. The summed E-state index contributed by atoms with van der Waals surface area (Å²) < 4.78 is 0. The van der Waals surface area contributed by atoms with Gasteiger partial charge in [-0.2, -0.15) is 0 Å². The first-order valence-electron chi connectivity index (χ1n) is 10.5. The smallest absolute Gasteiger partial charge is 0.119 e. The topological polar surface area (TPSA) is 20.2 Å². The lowest BCUT2D eigenvalue weighted by molar-refractivity contribution is 0.460. The first-order valence-corrected chi connectivity index (χ1v) is 10.5. The lowest BCUT2D eigenvalue weighted by atomic mass is 9.85. The summed E-state index contributed by atoms with van der Waals surface area (Å²) in [6.45, 7) is 6.83. The predicted molar refractivity (Wildman–Crippen MR) is 107 cm³/mol. The molecule has 0 fully saturated rings. The number of benzene rings is 1. The molecule has 0 amide bonds. The highest BCUT2D eigenvalue weighted by Gasteiger charge is 2.15. The Morgan fingerprint density at radius 2 is 1.42 bits per heavy atom. The van der Waals surface area contributed by atoms with E-state index in [1.165, 1.54) is 88.2 Å². The summed E-state index contributed by atoms with van der Waals surface area (Å²) in [5.74, 6) is 1.14. The van der Waals surface area contributed by atoms with Crippen molar-refractivity contribution in [2.75, 3.05) is 0 Å². The van der Waals surface area contributed by atoms with E-state index in [1.807, 2.05) is 12.1 Å². The van der Waals surface area contributed by atoms with E-state index in [1.54, 1.807) is 0 Å². The zero-order chi connectivity index (χ0) is 17.6. The molecular formula is C23H40O. The van der Waals surface area contributed by atoms with Crippen LogP contribution in [0.4, 0.5) is 0 Å². The molecule has 0 heterocycles. The molecule has 0 saturated carbocycles. The van der Waals surface area contributed by atoms with E-state index in [4.69, 9.17) is 0 Å². The van der Waals surface area contributed by atoms with Crippen LogP contribution >= 0.6 is 0 Å². The molecule has 24 heavy (non-hydrogen) atoms. The number of aromatic hydroxyl groups is 1. The van der Waals surface area contributed by atoms with Crippen molar-refractivity contribution in [3.8, 4) is 5.75 Å². The Labute approximate surface area is 150 Å². The Morgan fingerprint density at radius 3 is 2.08 bits per heavy atom. The van der Waals surface area contributed by atoms with Crippen LogP contribution in [0.2, 0.25) is 0 Å². The van der Waals surface area contributed by atoms with E-state index in [-0.39, 0.29) is 0 Å². The van der Waals surface area contributed by atoms with Crippen molar-refractivity contribution in [3.63, 3.8) is 0 Å². The maximum atomic E-state index is 10.4. The van der Waals surface area contributed by atoms with Gasteiger partial charge in [0.05, 0.1) is 0 Å². The Bertz CT molecular complexity index is 424. The molecule has 1 N–H and O–H groups in total. The lowest BCUT2D eigenvalue weighted by Gasteiger charge is -2.20. The van der Waals surface area contributed by atoms with Crippen LogP contribution in [0.3, 0.4) is 0 Å². The molecule has 1 unspecified atom stereocenters. The van der Waals surface area contributed by atoms with Gasteiger partial charge in [0.25, 0.3) is 0 Å². The fraction of sp³-hybridized carbons (Fsp3) is 0.739. The second-order valence-corrected chi connectivity index (χ2v) is 7.32. The van der Waals surface area contributed by atoms with Gasteiger partial charge in [0.15, 0.2) is 0 Å². The van der Waals surface area contributed by atoms with Crippen molar-refractivity contribution in [1.29, 1.82) is 0 Å². The molecular weight excluding hydrogens is 292 g/mol. The van der Waals surface area contributed by atoms with Gasteiger partial charge < -0.3 is 5.11 Å². The minimum Gasteiger partial charge on any atom is -0.508 e. The SMILES string of the molecule is CCCCCCCCc1c(O)cccc1C(CC)CCCCCC. The minimum absolute atomic E-state index is 0.521. The van der Waals surface area contributed by atoms with Crippen molar-refractivity contribution < 1.29 is 5.11 Å². The van der Waals surface area contributed by atoms with Crippen molar-refractivity contribution in [3.05, 3.63) is 29.3 Å². The molecule has 138 valence electrons. The molecule has 1 rings (SSSR count). The maximum absolute atomic E-state index is 10.4. The van der Waals surface area contributed by atoms with Crippen molar-refractivity contribution in [2.24, 2.45) is 0 Å². The summed E-state index contributed by atoms with van der Waals surface area (Å²) in [5.41, 5.74) is 2.65. The second-order valence-electron chi connectivity index (χ2n) is 7.32. The molecule has 0 aliphatic heterocycles. The largest absolute Gasteiger partial charge is 0.508 e. The molecule has 0 aromatic heterocycles. The molecule has 1 atom stereocenters. The molecule has 0 saturated heterocycles. The van der Waals surface area contributed by atoms with Crippen LogP contribution in [-0.2, 0) is 6.42 Å². The molecule has 1 aromatic carbocycles. The molecule has 0 spiro atoms. The van der Waals surface area contributed by atoms with Crippen LogP contribution in [-0.4, -0.2) is 5.11 Å². The van der Waals surface area contributed by atoms with Crippen LogP contribution in [0.5, 0.6) is 5.75 Å². The summed E-state index contributed by atoms with van der Waals surface area (Å²) in [7, 11) is 0. The van der Waals surface area contributed by atoms with E-state index in [2.05, 4.69) is 26.8 Å². The molecule has 1 nitrogen and oxygen atoms in total. The van der Waals surface area contributed by atoms with Gasteiger partial charge in [-0.1, -0.05) is 90.7 Å². The Hall–Kier alpha value is -0.980. The summed E-state index contributed by atoms with van der Waals surface area (Å²) in [6.07, 6.45) is 16.7. The van der Waals surface area contributed by atoms with Crippen LogP contribution in [0.15, 0.2) is 18.2 Å². The van der Waals surface area contributed by atoms with E-state index < -0.39 is 0 Å². The van der Waals surface area contributed by atoms with Crippen molar-refractivity contribution in [1.82, 2.24) is 0 Å². The van der Waals surface area contributed by atoms with Gasteiger partial charge in [-0.3, -0.25) is 0 Å². The average Bonchev–Trinajstić information content (AvgIpc) is 2.59. The van der Waals surface area contributed by atoms with Crippen LogP contribution in [0.25, 0.3) is 0 Å². The first-order chi connectivity index (χ1) is 11.7. The standard InChI is InChI=1S/C23H40O/c1-4-7-9-11-12-14-17-22-21(18-15-19-23(22)24)20(6-3)16-13-10-8-5-2/h15,18-20,24H,4-14,16-17H2,1-3H3. The van der Waals surface area contributed by atoms with E-state index >= 15 is 0 Å². The summed E-state index contributed by atoms with van der Waals surface area (Å²) in [6, 6.07) is 6.17. The third-order valence-corrected chi connectivity index (χ3v) is 5.31. The van der Waals surface area contributed by atoms with Crippen LogP contribution in [0.1, 0.15) is 115 Å². The predicted octanol–water partition coefficient (Wildman–Crippen LogP) is 7.76. The molecule has 0 aliphatic rings. The molecule has 1 heteroatoms. The molecule has 0 bridgehead atoms. The number of hydrogen-bond acceptors (Lipinski definition) is 1. The second kappa shape index (κ2) is 13.3. The zero-order valence-corrected chi connectivity index (χ0v) is 16.4. The van der Waals surface area contributed by atoms with Gasteiger partial charge in [0, 0.05) is 0 Å². The monoisotopic (exact) mass is 332 g/mol. The van der Waals surface area contributed by atoms with Gasteiger partial charge in [-0.15, -0.1) is 0 Å².